The lowest BCUT2D eigenvalue weighted by Crippen LogP contribution is -2.46. The number of nitrogens with zero attached hydrogens (tertiary/aromatic N) is 5. The number of fused-ring (bicyclic) bond motifs is 1. The van der Waals surface area contributed by atoms with Gasteiger partial charge in [0.15, 0.2) is 5.82 Å². The first-order chi connectivity index (χ1) is 28.9. The van der Waals surface area contributed by atoms with Crippen LogP contribution in [-0.4, -0.2) is 87.1 Å². The van der Waals surface area contributed by atoms with Crippen molar-refractivity contribution in [1.29, 1.82) is 0 Å². The smallest absolute Gasteiger partial charge is 0.425 e. The van der Waals surface area contributed by atoms with Crippen LogP contribution < -0.4 is 10.2 Å². The Kier molecular flexibility index (Phi) is 13.9. The van der Waals surface area contributed by atoms with E-state index in [9.17, 15) is 24.0 Å². The number of carbonyl (C=O) groups is 5. The van der Waals surface area contributed by atoms with Crippen LogP contribution in [0.3, 0.4) is 0 Å². The molecule has 1 saturated heterocycles. The maximum Gasteiger partial charge on any atom is 0.425 e. The van der Waals surface area contributed by atoms with Gasteiger partial charge in [0.25, 0.3) is 0 Å². The fraction of sp³-hybridized carbons (Fsp3) is 0.457. The molecule has 4 amide bonds. The first kappa shape index (κ1) is 44.9. The van der Waals surface area contributed by atoms with Crippen LogP contribution in [0.5, 0.6) is 0 Å². The zero-order valence-electron chi connectivity index (χ0n) is 36.3. The average molecular weight is 853 g/mol. The van der Waals surface area contributed by atoms with E-state index in [0.717, 1.165) is 49.7 Å². The summed E-state index contributed by atoms with van der Waals surface area (Å²) in [4.78, 5) is 80.6. The van der Waals surface area contributed by atoms with Crippen molar-refractivity contribution >= 4 is 68.6 Å². The standard InChI is InChI=1S/C46H56N6O8S/c1-9-31-23-34(25-47-39(31)52(43(56)59-45(3,4)5)44(57)60-46(6,7)8)48-40(54)42(55)51-26-29(2)15-17-36(51)33-16-18-37-35(24-33)49-41(61-37)32-19-21-50(22-20-32)27-38(53)58-28-30-13-11-10-12-14-30/h10-14,16,18-19,23-25,29,36H,9,15,17,20-22,26-28H2,1-8H3,(H,48,54)/t29-,36?/m0/s1. The molecule has 4 heterocycles. The molecule has 1 fully saturated rings. The van der Waals surface area contributed by atoms with E-state index in [1.54, 1.807) is 63.8 Å². The zero-order chi connectivity index (χ0) is 44.1. The van der Waals surface area contributed by atoms with Crippen molar-refractivity contribution in [3.8, 4) is 0 Å². The Morgan fingerprint density at radius 3 is 2.28 bits per heavy atom. The quantitative estimate of drug-likeness (QED) is 0.0975. The molecule has 1 unspecified atom stereocenters. The van der Waals surface area contributed by atoms with Crippen molar-refractivity contribution < 1.29 is 38.2 Å². The van der Waals surface area contributed by atoms with Crippen LogP contribution in [0.2, 0.25) is 0 Å². The second-order valence-corrected chi connectivity index (χ2v) is 18.6. The maximum absolute atomic E-state index is 14.0. The highest BCUT2D eigenvalue weighted by atomic mass is 32.1. The van der Waals surface area contributed by atoms with Gasteiger partial charge < -0.3 is 24.4 Å². The van der Waals surface area contributed by atoms with E-state index in [2.05, 4.69) is 28.2 Å². The van der Waals surface area contributed by atoms with E-state index in [1.807, 2.05) is 55.5 Å². The monoisotopic (exact) mass is 852 g/mol. The lowest BCUT2D eigenvalue weighted by molar-refractivity contribution is -0.146. The molecule has 6 rings (SSSR count). The van der Waals surface area contributed by atoms with Crippen molar-refractivity contribution in [3.63, 3.8) is 0 Å². The number of carbonyl (C=O) groups excluding carboxylic acids is 5. The summed E-state index contributed by atoms with van der Waals surface area (Å²) in [6, 6.07) is 16.9. The van der Waals surface area contributed by atoms with Gasteiger partial charge in [0.1, 0.15) is 22.8 Å². The summed E-state index contributed by atoms with van der Waals surface area (Å²) in [6.45, 7) is 16.2. The van der Waals surface area contributed by atoms with Gasteiger partial charge in [0.05, 0.1) is 34.7 Å². The summed E-state index contributed by atoms with van der Waals surface area (Å²) in [5.74, 6) is -1.57. The summed E-state index contributed by atoms with van der Waals surface area (Å²) in [5, 5.41) is 3.63. The van der Waals surface area contributed by atoms with Gasteiger partial charge in [-0.15, -0.1) is 11.3 Å². The number of amides is 4. The molecule has 4 aromatic rings. The van der Waals surface area contributed by atoms with Crippen LogP contribution in [-0.2, 0) is 41.6 Å². The first-order valence-electron chi connectivity index (χ1n) is 20.8. The van der Waals surface area contributed by atoms with Crippen molar-refractivity contribution in [2.45, 2.75) is 105 Å². The molecule has 2 atom stereocenters. The summed E-state index contributed by atoms with van der Waals surface area (Å²) in [7, 11) is 0. The number of esters is 1. The molecule has 324 valence electrons. The van der Waals surface area contributed by atoms with Crippen LogP contribution >= 0.6 is 11.3 Å². The number of pyridine rings is 1. The van der Waals surface area contributed by atoms with Crippen molar-refractivity contribution in [2.75, 3.05) is 36.4 Å². The zero-order valence-corrected chi connectivity index (χ0v) is 37.1. The Hall–Kier alpha value is -5.67. The molecule has 15 heteroatoms. The highest BCUT2D eigenvalue weighted by molar-refractivity contribution is 7.19. The SMILES string of the molecule is CCc1cc(NC(=O)C(=O)N2C[C@@H](C)CCC2c2ccc3sc(C4=CCN(CC(=O)OCc5ccccc5)CC4)nc3c2)cnc1N(C(=O)OC(C)(C)C)C(=O)OC(C)(C)C. The molecule has 14 nitrogen and oxygen atoms in total. The number of likely N-dealkylation sites (tertiary alicyclic amines) is 1. The molecule has 2 aromatic carbocycles. The Labute approximate surface area is 361 Å². The minimum atomic E-state index is -0.957. The van der Waals surface area contributed by atoms with Gasteiger partial charge in [-0.2, -0.15) is 4.90 Å². The average Bonchev–Trinajstić information content (AvgIpc) is 3.63. The predicted molar refractivity (Wildman–Crippen MR) is 235 cm³/mol. The van der Waals surface area contributed by atoms with Gasteiger partial charge in [-0.25, -0.2) is 19.6 Å². The molecule has 61 heavy (non-hydrogen) atoms. The number of ether oxygens (including phenoxy) is 3. The maximum atomic E-state index is 14.0. The normalized spacial score (nSPS) is 17.3. The van der Waals surface area contributed by atoms with Crippen LogP contribution in [0.1, 0.15) is 102 Å². The van der Waals surface area contributed by atoms with Crippen LogP contribution in [0.4, 0.5) is 21.1 Å². The van der Waals surface area contributed by atoms with Crippen LogP contribution in [0, 0.1) is 5.92 Å². The molecule has 0 radical (unpaired) electrons. The number of aryl methyl sites for hydroxylation is 1. The number of hydrogen-bond donors (Lipinski definition) is 1. The fourth-order valence-corrected chi connectivity index (χ4v) is 8.25. The fourth-order valence-electron chi connectivity index (χ4n) is 7.24. The molecule has 0 saturated carbocycles. The molecular weight excluding hydrogens is 797 g/mol. The number of imide groups is 1. The highest BCUT2D eigenvalue weighted by Gasteiger charge is 2.37. The van der Waals surface area contributed by atoms with Gasteiger partial charge in [0.2, 0.25) is 0 Å². The Bertz CT molecular complexity index is 2270. The van der Waals surface area contributed by atoms with E-state index < -0.39 is 35.2 Å². The summed E-state index contributed by atoms with van der Waals surface area (Å²) in [6.07, 6.45) is 4.15. The number of nitrogens with one attached hydrogen (secondary N) is 1. The molecule has 0 bridgehead atoms. The molecule has 1 N–H and O–H groups in total. The van der Waals surface area contributed by atoms with Gasteiger partial charge in [-0.1, -0.05) is 56.3 Å². The first-order valence-corrected chi connectivity index (χ1v) is 21.6. The number of piperidine rings is 1. The number of anilines is 2. The number of hydrogen-bond acceptors (Lipinski definition) is 12. The predicted octanol–water partition coefficient (Wildman–Crippen LogP) is 8.70. The Morgan fingerprint density at radius 1 is 0.934 bits per heavy atom. The molecule has 2 aliphatic rings. The number of aromatic nitrogens is 2. The number of benzene rings is 2. The Balaban J connectivity index is 1.13. The van der Waals surface area contributed by atoms with Crippen molar-refractivity contribution in [1.82, 2.24) is 19.8 Å². The van der Waals surface area contributed by atoms with E-state index in [1.165, 1.54) is 6.20 Å². The molecule has 0 spiro atoms. The van der Waals surface area contributed by atoms with Gasteiger partial charge in [-0.3, -0.25) is 19.3 Å². The number of rotatable bonds is 9. The van der Waals surface area contributed by atoms with Crippen LogP contribution in [0.25, 0.3) is 15.8 Å². The molecule has 2 aromatic heterocycles. The topological polar surface area (TPSA) is 161 Å². The van der Waals surface area contributed by atoms with E-state index in [-0.39, 0.29) is 42.6 Å². The van der Waals surface area contributed by atoms with E-state index >= 15 is 0 Å². The molecule has 0 aliphatic carbocycles. The van der Waals surface area contributed by atoms with Crippen LogP contribution in [0.15, 0.2) is 66.9 Å². The lowest BCUT2D eigenvalue weighted by Gasteiger charge is -2.38. The minimum absolute atomic E-state index is 0.000620. The summed E-state index contributed by atoms with van der Waals surface area (Å²) < 4.78 is 17.6. The molecule has 2 aliphatic heterocycles. The lowest BCUT2D eigenvalue weighted by atomic mass is 9.89. The third-order valence-corrected chi connectivity index (χ3v) is 11.3. The largest absolute Gasteiger partial charge is 0.460 e. The van der Waals surface area contributed by atoms with Gasteiger partial charge in [0, 0.05) is 19.6 Å². The summed E-state index contributed by atoms with van der Waals surface area (Å²) >= 11 is 1.61. The number of thiazole rings is 1. The van der Waals surface area contributed by atoms with Crippen molar-refractivity contribution in [3.05, 3.63) is 88.6 Å². The van der Waals surface area contributed by atoms with Gasteiger partial charge in [-0.05, 0) is 114 Å². The third-order valence-electron chi connectivity index (χ3n) is 10.2. The molecular formula is C46H56N6O8S. The van der Waals surface area contributed by atoms with E-state index in [4.69, 9.17) is 19.2 Å². The second kappa shape index (κ2) is 18.9. The van der Waals surface area contributed by atoms with E-state index in [0.29, 0.717) is 38.0 Å². The van der Waals surface area contributed by atoms with Gasteiger partial charge >= 0.3 is 30.0 Å². The third kappa shape index (κ3) is 11.8. The highest BCUT2D eigenvalue weighted by Crippen LogP contribution is 2.37. The second-order valence-electron chi connectivity index (χ2n) is 17.6. The Morgan fingerprint density at radius 2 is 1.64 bits per heavy atom. The minimum Gasteiger partial charge on any atom is -0.460 e. The summed E-state index contributed by atoms with van der Waals surface area (Å²) in [5.41, 5.74) is 2.68. The van der Waals surface area contributed by atoms with Crippen molar-refractivity contribution in [2.24, 2.45) is 5.92 Å².